The fraction of sp³-hybridized carbons (Fsp3) is 0.381. The molecule has 0 unspecified atom stereocenters. The molecule has 1 amide bonds. The third-order valence-electron chi connectivity index (χ3n) is 4.80. The third-order valence-corrected chi connectivity index (χ3v) is 6.71. The van der Waals surface area contributed by atoms with E-state index in [2.05, 4.69) is 5.32 Å². The molecule has 156 valence electrons. The number of anilines is 1. The summed E-state index contributed by atoms with van der Waals surface area (Å²) in [7, 11) is -1.93. The summed E-state index contributed by atoms with van der Waals surface area (Å²) in [5.41, 5.74) is 0.508. The Bertz CT molecular complexity index is 938. The normalized spacial score (nSPS) is 16.1. The van der Waals surface area contributed by atoms with Crippen molar-refractivity contribution >= 4 is 21.6 Å². The molecule has 0 spiro atoms. The van der Waals surface area contributed by atoms with Gasteiger partial charge in [-0.05, 0) is 56.2 Å². The Labute approximate surface area is 171 Å². The maximum Gasteiger partial charge on any atom is 0.265 e. The first-order valence-electron chi connectivity index (χ1n) is 9.62. The van der Waals surface area contributed by atoms with Gasteiger partial charge in [-0.25, -0.2) is 8.42 Å². The molecule has 3 rings (SSSR count). The molecule has 2 aromatic carbocycles. The number of carbonyl (C=O) groups is 1. The first-order chi connectivity index (χ1) is 13.9. The molecule has 29 heavy (non-hydrogen) atoms. The number of rotatable bonds is 7. The Morgan fingerprint density at radius 3 is 2.34 bits per heavy atom. The summed E-state index contributed by atoms with van der Waals surface area (Å²) in [6, 6.07) is 13.2. The molecule has 0 radical (unpaired) electrons. The van der Waals surface area contributed by atoms with Crippen LogP contribution in [0.25, 0.3) is 0 Å². The molecule has 2 aromatic rings. The van der Waals surface area contributed by atoms with E-state index in [4.69, 9.17) is 9.47 Å². The number of sulfonamides is 1. The average molecular weight is 419 g/mol. The van der Waals surface area contributed by atoms with Crippen molar-refractivity contribution in [1.29, 1.82) is 0 Å². The molecule has 7 nitrogen and oxygen atoms in total. The number of ether oxygens (including phenoxy) is 2. The second kappa shape index (κ2) is 9.28. The summed E-state index contributed by atoms with van der Waals surface area (Å²) < 4.78 is 37.7. The number of carbonyl (C=O) groups excluding carboxylic acids is 1. The van der Waals surface area contributed by atoms with Gasteiger partial charge >= 0.3 is 0 Å². The van der Waals surface area contributed by atoms with Gasteiger partial charge in [0.25, 0.3) is 5.91 Å². The van der Waals surface area contributed by atoms with Crippen LogP contribution in [0, 0.1) is 0 Å². The van der Waals surface area contributed by atoms with Crippen molar-refractivity contribution in [3.8, 4) is 11.5 Å². The molecule has 0 aromatic heterocycles. The quantitative estimate of drug-likeness (QED) is 0.746. The minimum atomic E-state index is -3.49. The topological polar surface area (TPSA) is 84.9 Å². The summed E-state index contributed by atoms with van der Waals surface area (Å²) in [5.74, 6) is 0.829. The van der Waals surface area contributed by atoms with Crippen molar-refractivity contribution in [2.24, 2.45) is 0 Å². The molecule has 0 saturated carbocycles. The number of amides is 1. The zero-order valence-electron chi connectivity index (χ0n) is 16.6. The van der Waals surface area contributed by atoms with Crippen molar-refractivity contribution < 1.29 is 22.7 Å². The van der Waals surface area contributed by atoms with Gasteiger partial charge in [-0.3, -0.25) is 4.79 Å². The predicted molar refractivity (Wildman–Crippen MR) is 111 cm³/mol. The maximum atomic E-state index is 12.7. The highest BCUT2D eigenvalue weighted by Gasteiger charge is 2.25. The Kier molecular flexibility index (Phi) is 6.76. The van der Waals surface area contributed by atoms with Gasteiger partial charge in [0.05, 0.1) is 12.0 Å². The van der Waals surface area contributed by atoms with Crippen molar-refractivity contribution in [3.63, 3.8) is 0 Å². The van der Waals surface area contributed by atoms with Gasteiger partial charge in [-0.2, -0.15) is 4.31 Å². The fourth-order valence-electron chi connectivity index (χ4n) is 3.14. The monoisotopic (exact) mass is 418 g/mol. The predicted octanol–water partition coefficient (Wildman–Crippen LogP) is 3.28. The van der Waals surface area contributed by atoms with Gasteiger partial charge in [-0.1, -0.05) is 12.5 Å². The van der Waals surface area contributed by atoms with E-state index in [9.17, 15) is 13.2 Å². The van der Waals surface area contributed by atoms with E-state index < -0.39 is 16.1 Å². The van der Waals surface area contributed by atoms with E-state index in [0.29, 0.717) is 30.3 Å². The van der Waals surface area contributed by atoms with E-state index in [0.717, 1.165) is 19.3 Å². The Hall–Kier alpha value is -2.58. The SMILES string of the molecule is COc1cccc(O[C@H](C)C(=O)Nc2ccc(S(=O)(=O)N3CCCCC3)cc2)c1. The molecular weight excluding hydrogens is 392 g/mol. The minimum Gasteiger partial charge on any atom is -0.497 e. The molecule has 1 fully saturated rings. The van der Waals surface area contributed by atoms with Crippen LogP contribution in [0.5, 0.6) is 11.5 Å². The zero-order chi connectivity index (χ0) is 20.9. The molecule has 1 aliphatic rings. The van der Waals surface area contributed by atoms with Crippen LogP contribution in [0.2, 0.25) is 0 Å². The van der Waals surface area contributed by atoms with Gasteiger partial charge in [0, 0.05) is 24.8 Å². The number of methoxy groups -OCH3 is 1. The van der Waals surface area contributed by atoms with Gasteiger partial charge in [-0.15, -0.1) is 0 Å². The lowest BCUT2D eigenvalue weighted by molar-refractivity contribution is -0.122. The summed E-state index contributed by atoms with van der Waals surface area (Å²) in [6.07, 6.45) is 2.10. The van der Waals surface area contributed by atoms with E-state index in [1.807, 2.05) is 0 Å². The van der Waals surface area contributed by atoms with Crippen LogP contribution in [0.3, 0.4) is 0 Å². The minimum absolute atomic E-state index is 0.234. The number of hydrogen-bond donors (Lipinski definition) is 1. The fourth-order valence-corrected chi connectivity index (χ4v) is 4.66. The van der Waals surface area contributed by atoms with Crippen LogP contribution in [0.15, 0.2) is 53.4 Å². The largest absolute Gasteiger partial charge is 0.497 e. The van der Waals surface area contributed by atoms with Crippen LogP contribution in [-0.2, 0) is 14.8 Å². The second-order valence-electron chi connectivity index (χ2n) is 6.92. The van der Waals surface area contributed by atoms with Gasteiger partial charge in [0.15, 0.2) is 6.10 Å². The summed E-state index contributed by atoms with van der Waals surface area (Å²) >= 11 is 0. The molecule has 0 aliphatic carbocycles. The van der Waals surface area contributed by atoms with Crippen LogP contribution in [0.4, 0.5) is 5.69 Å². The standard InChI is InChI=1S/C21H26N2O5S/c1-16(28-19-8-6-7-18(15-19)27-2)21(24)22-17-9-11-20(12-10-17)29(25,26)23-13-4-3-5-14-23/h6-12,15-16H,3-5,13-14H2,1-2H3,(H,22,24)/t16-/m1/s1. The molecule has 0 bridgehead atoms. The lowest BCUT2D eigenvalue weighted by Gasteiger charge is -2.25. The van der Waals surface area contributed by atoms with Crippen molar-refractivity contribution in [3.05, 3.63) is 48.5 Å². The van der Waals surface area contributed by atoms with Crippen molar-refractivity contribution in [2.45, 2.75) is 37.2 Å². The number of nitrogens with one attached hydrogen (secondary N) is 1. The van der Waals surface area contributed by atoms with Crippen molar-refractivity contribution in [2.75, 3.05) is 25.5 Å². The summed E-state index contributed by atoms with van der Waals surface area (Å²) in [4.78, 5) is 12.6. The molecular formula is C21H26N2O5S. The number of benzene rings is 2. The highest BCUT2D eigenvalue weighted by molar-refractivity contribution is 7.89. The Morgan fingerprint density at radius 2 is 1.69 bits per heavy atom. The van der Waals surface area contributed by atoms with Crippen LogP contribution < -0.4 is 14.8 Å². The third kappa shape index (κ3) is 5.27. The first kappa shape index (κ1) is 21.1. The smallest absolute Gasteiger partial charge is 0.265 e. The average Bonchev–Trinajstić information content (AvgIpc) is 2.75. The summed E-state index contributed by atoms with van der Waals surface area (Å²) in [6.45, 7) is 2.75. The van der Waals surface area contributed by atoms with E-state index in [1.54, 1.807) is 50.4 Å². The molecule has 1 atom stereocenters. The number of hydrogen-bond acceptors (Lipinski definition) is 5. The van der Waals surface area contributed by atoms with Crippen LogP contribution >= 0.6 is 0 Å². The highest BCUT2D eigenvalue weighted by Crippen LogP contribution is 2.23. The van der Waals surface area contributed by atoms with E-state index in [-0.39, 0.29) is 10.8 Å². The van der Waals surface area contributed by atoms with Gasteiger partial charge < -0.3 is 14.8 Å². The van der Waals surface area contributed by atoms with Gasteiger partial charge in [0.2, 0.25) is 10.0 Å². The molecule has 1 N–H and O–H groups in total. The first-order valence-corrected chi connectivity index (χ1v) is 11.1. The number of nitrogens with zero attached hydrogens (tertiary/aromatic N) is 1. The van der Waals surface area contributed by atoms with Gasteiger partial charge in [0.1, 0.15) is 11.5 Å². The molecule has 8 heteroatoms. The van der Waals surface area contributed by atoms with Crippen LogP contribution in [-0.4, -0.2) is 44.9 Å². The highest BCUT2D eigenvalue weighted by atomic mass is 32.2. The Balaban J connectivity index is 1.61. The lowest BCUT2D eigenvalue weighted by Crippen LogP contribution is -2.35. The van der Waals surface area contributed by atoms with E-state index in [1.165, 1.54) is 16.4 Å². The number of piperidine rings is 1. The van der Waals surface area contributed by atoms with Crippen LogP contribution in [0.1, 0.15) is 26.2 Å². The Morgan fingerprint density at radius 1 is 1.03 bits per heavy atom. The maximum absolute atomic E-state index is 12.7. The lowest BCUT2D eigenvalue weighted by atomic mass is 10.2. The molecule has 1 saturated heterocycles. The zero-order valence-corrected chi connectivity index (χ0v) is 17.4. The molecule has 1 aliphatic heterocycles. The molecule has 1 heterocycles. The summed E-state index contributed by atoms with van der Waals surface area (Å²) in [5, 5.41) is 2.75. The second-order valence-corrected chi connectivity index (χ2v) is 8.86. The van der Waals surface area contributed by atoms with E-state index >= 15 is 0 Å². The van der Waals surface area contributed by atoms with Crippen molar-refractivity contribution in [1.82, 2.24) is 4.31 Å².